The molecule has 0 saturated carbocycles. The molecule has 0 atom stereocenters. The molecule has 3 aromatic rings. The van der Waals surface area contributed by atoms with Crippen molar-refractivity contribution in [2.45, 2.75) is 25.9 Å². The first-order chi connectivity index (χ1) is 14.2. The number of amides is 1. The normalized spacial score (nSPS) is 15.3. The number of benzene rings is 1. The van der Waals surface area contributed by atoms with Gasteiger partial charge in [0.05, 0.1) is 6.54 Å². The average molecular weight is 395 g/mol. The smallest absolute Gasteiger partial charge is 0.257 e. The van der Waals surface area contributed by atoms with Gasteiger partial charge >= 0.3 is 0 Å². The highest BCUT2D eigenvalue weighted by molar-refractivity contribution is 5.78. The molecule has 0 spiro atoms. The maximum Gasteiger partial charge on any atom is 0.257 e. The zero-order valence-electron chi connectivity index (χ0n) is 15.9. The summed E-state index contributed by atoms with van der Waals surface area (Å²) in [7, 11) is 0. The molecule has 0 bridgehead atoms. The van der Waals surface area contributed by atoms with Crippen molar-refractivity contribution in [3.8, 4) is 11.5 Å². The van der Waals surface area contributed by atoms with Crippen LogP contribution in [0.3, 0.4) is 0 Å². The number of aromatic nitrogens is 3. The van der Waals surface area contributed by atoms with Crippen molar-refractivity contribution >= 4 is 5.91 Å². The van der Waals surface area contributed by atoms with E-state index >= 15 is 0 Å². The Morgan fingerprint density at radius 2 is 2.00 bits per heavy atom. The van der Waals surface area contributed by atoms with Crippen molar-refractivity contribution in [3.05, 3.63) is 66.0 Å². The van der Waals surface area contributed by atoms with E-state index in [1.54, 1.807) is 24.5 Å². The van der Waals surface area contributed by atoms with E-state index < -0.39 is 0 Å². The van der Waals surface area contributed by atoms with E-state index in [0.717, 1.165) is 31.5 Å². The quantitative estimate of drug-likeness (QED) is 0.691. The van der Waals surface area contributed by atoms with E-state index in [-0.39, 0.29) is 17.6 Å². The molecule has 7 nitrogen and oxygen atoms in total. The third-order valence-electron chi connectivity index (χ3n) is 5.07. The number of nitrogens with one attached hydrogen (secondary N) is 1. The van der Waals surface area contributed by atoms with E-state index in [2.05, 4.69) is 25.3 Å². The van der Waals surface area contributed by atoms with Crippen LogP contribution in [-0.4, -0.2) is 39.0 Å². The first-order valence-corrected chi connectivity index (χ1v) is 9.65. The fourth-order valence-electron chi connectivity index (χ4n) is 3.42. The SMILES string of the molecule is O=C(NCc1cccnc1)C1CCN(Cc2noc(-c3ccc(F)cc3)n2)CC1. The Bertz CT molecular complexity index is 937. The highest BCUT2D eigenvalue weighted by Gasteiger charge is 2.25. The average Bonchev–Trinajstić information content (AvgIpc) is 3.22. The molecular formula is C21H22FN5O2. The summed E-state index contributed by atoms with van der Waals surface area (Å²) < 4.78 is 18.3. The summed E-state index contributed by atoms with van der Waals surface area (Å²) in [5, 5.41) is 7.01. The van der Waals surface area contributed by atoms with Crippen LogP contribution in [0.4, 0.5) is 4.39 Å². The number of likely N-dealkylation sites (tertiary alicyclic amines) is 1. The predicted octanol–water partition coefficient (Wildman–Crippen LogP) is 2.80. The molecule has 150 valence electrons. The molecule has 0 radical (unpaired) electrons. The first kappa shape index (κ1) is 19.2. The molecule has 1 aromatic carbocycles. The first-order valence-electron chi connectivity index (χ1n) is 9.65. The van der Waals surface area contributed by atoms with Gasteiger partial charge in [0.25, 0.3) is 5.89 Å². The van der Waals surface area contributed by atoms with Gasteiger partial charge < -0.3 is 9.84 Å². The van der Waals surface area contributed by atoms with E-state index in [9.17, 15) is 9.18 Å². The van der Waals surface area contributed by atoms with Crippen LogP contribution in [0.15, 0.2) is 53.3 Å². The number of hydrogen-bond acceptors (Lipinski definition) is 6. The molecule has 1 amide bonds. The summed E-state index contributed by atoms with van der Waals surface area (Å²) in [5.41, 5.74) is 1.68. The molecule has 4 rings (SSSR count). The Morgan fingerprint density at radius 3 is 2.72 bits per heavy atom. The molecular weight excluding hydrogens is 373 g/mol. The maximum absolute atomic E-state index is 13.0. The summed E-state index contributed by atoms with van der Waals surface area (Å²) in [4.78, 5) is 23.1. The lowest BCUT2D eigenvalue weighted by atomic mass is 9.96. The molecule has 29 heavy (non-hydrogen) atoms. The summed E-state index contributed by atoms with van der Waals surface area (Å²) in [6.07, 6.45) is 5.06. The lowest BCUT2D eigenvalue weighted by Gasteiger charge is -2.30. The van der Waals surface area contributed by atoms with Crippen molar-refractivity contribution in [3.63, 3.8) is 0 Å². The summed E-state index contributed by atoms with van der Waals surface area (Å²) in [5.74, 6) is 0.768. The Morgan fingerprint density at radius 1 is 1.21 bits per heavy atom. The highest BCUT2D eigenvalue weighted by atomic mass is 19.1. The number of carbonyl (C=O) groups is 1. The predicted molar refractivity (Wildman–Crippen MR) is 104 cm³/mol. The summed E-state index contributed by atoms with van der Waals surface area (Å²) in [6, 6.07) is 9.76. The lowest BCUT2D eigenvalue weighted by Crippen LogP contribution is -2.40. The highest BCUT2D eigenvalue weighted by Crippen LogP contribution is 2.21. The number of piperidine rings is 1. The number of rotatable bonds is 6. The van der Waals surface area contributed by atoms with Gasteiger partial charge in [0.1, 0.15) is 5.82 Å². The van der Waals surface area contributed by atoms with Crippen molar-refractivity contribution in [2.24, 2.45) is 5.92 Å². The van der Waals surface area contributed by atoms with Crippen molar-refractivity contribution in [1.29, 1.82) is 0 Å². The molecule has 8 heteroatoms. The molecule has 0 aliphatic carbocycles. The second kappa shape index (κ2) is 8.91. The van der Waals surface area contributed by atoms with Crippen LogP contribution in [0.5, 0.6) is 0 Å². The number of pyridine rings is 1. The second-order valence-corrected chi connectivity index (χ2v) is 7.15. The molecule has 1 saturated heterocycles. The number of nitrogens with zero attached hydrogens (tertiary/aromatic N) is 4. The van der Waals surface area contributed by atoms with Crippen LogP contribution in [0.2, 0.25) is 0 Å². The Balaban J connectivity index is 1.25. The van der Waals surface area contributed by atoms with Crippen molar-refractivity contribution in [1.82, 2.24) is 25.3 Å². The van der Waals surface area contributed by atoms with Gasteiger partial charge in [-0.25, -0.2) is 4.39 Å². The van der Waals surface area contributed by atoms with E-state index in [1.165, 1.54) is 12.1 Å². The lowest BCUT2D eigenvalue weighted by molar-refractivity contribution is -0.126. The van der Waals surface area contributed by atoms with E-state index in [1.807, 2.05) is 12.1 Å². The summed E-state index contributed by atoms with van der Waals surface area (Å²) in [6.45, 7) is 2.66. The third-order valence-corrected chi connectivity index (χ3v) is 5.07. The van der Waals surface area contributed by atoms with Gasteiger partial charge in [-0.2, -0.15) is 4.98 Å². The van der Waals surface area contributed by atoms with Gasteiger partial charge in [0, 0.05) is 30.4 Å². The van der Waals surface area contributed by atoms with Gasteiger partial charge in [-0.05, 0) is 61.8 Å². The van der Waals surface area contributed by atoms with Crippen LogP contribution < -0.4 is 5.32 Å². The monoisotopic (exact) mass is 395 g/mol. The van der Waals surface area contributed by atoms with Crippen LogP contribution in [0.1, 0.15) is 24.2 Å². The van der Waals surface area contributed by atoms with Gasteiger partial charge in [-0.15, -0.1) is 0 Å². The second-order valence-electron chi connectivity index (χ2n) is 7.15. The maximum atomic E-state index is 13.0. The van der Waals surface area contributed by atoms with Gasteiger partial charge in [-0.3, -0.25) is 14.7 Å². The van der Waals surface area contributed by atoms with Crippen molar-refractivity contribution in [2.75, 3.05) is 13.1 Å². The Kier molecular flexibility index (Phi) is 5.90. The van der Waals surface area contributed by atoms with Gasteiger partial charge in [0.2, 0.25) is 5.91 Å². The van der Waals surface area contributed by atoms with E-state index in [4.69, 9.17) is 4.52 Å². The molecule has 3 heterocycles. The van der Waals surface area contributed by atoms with Crippen LogP contribution >= 0.6 is 0 Å². The molecule has 1 fully saturated rings. The largest absolute Gasteiger partial charge is 0.352 e. The number of hydrogen-bond donors (Lipinski definition) is 1. The minimum Gasteiger partial charge on any atom is -0.352 e. The standard InChI is InChI=1S/C21H22FN5O2/c22-18-5-3-17(4-6-18)21-25-19(26-29-21)14-27-10-7-16(8-11-27)20(28)24-13-15-2-1-9-23-12-15/h1-6,9,12,16H,7-8,10-11,13-14H2,(H,24,28). The molecule has 0 unspecified atom stereocenters. The van der Waals surface area contributed by atoms with Crippen LogP contribution in [0, 0.1) is 11.7 Å². The Hall–Kier alpha value is -3.13. The Labute approximate surface area is 168 Å². The van der Waals surface area contributed by atoms with Gasteiger partial charge in [-0.1, -0.05) is 11.2 Å². The summed E-state index contributed by atoms with van der Waals surface area (Å²) >= 11 is 0. The fraction of sp³-hybridized carbons (Fsp3) is 0.333. The number of halogens is 1. The van der Waals surface area contributed by atoms with Crippen LogP contribution in [0.25, 0.3) is 11.5 Å². The zero-order valence-corrected chi connectivity index (χ0v) is 15.9. The van der Waals surface area contributed by atoms with Gasteiger partial charge in [0.15, 0.2) is 5.82 Å². The minimum atomic E-state index is -0.305. The van der Waals surface area contributed by atoms with Crippen molar-refractivity contribution < 1.29 is 13.7 Å². The number of carbonyl (C=O) groups excluding carboxylic acids is 1. The fourth-order valence-corrected chi connectivity index (χ4v) is 3.42. The zero-order chi connectivity index (χ0) is 20.1. The molecule has 1 N–H and O–H groups in total. The minimum absolute atomic E-state index is 0.0166. The molecule has 1 aliphatic heterocycles. The molecule has 1 aliphatic rings. The van der Waals surface area contributed by atoms with E-state index in [0.29, 0.717) is 30.4 Å². The topological polar surface area (TPSA) is 84.2 Å². The third kappa shape index (κ3) is 5.03. The molecule has 2 aromatic heterocycles. The van der Waals surface area contributed by atoms with Crippen LogP contribution in [-0.2, 0) is 17.9 Å².